The Hall–Kier alpha value is -2.04. The fraction of sp³-hybridized carbons (Fsp3) is 0.556. The van der Waals surface area contributed by atoms with E-state index in [4.69, 9.17) is 9.47 Å². The van der Waals surface area contributed by atoms with Crippen LogP contribution < -0.4 is 4.74 Å². The van der Waals surface area contributed by atoms with E-state index >= 15 is 0 Å². The summed E-state index contributed by atoms with van der Waals surface area (Å²) in [5.74, 6) is 0.824. The molecule has 0 spiro atoms. The third-order valence-electron chi connectivity index (χ3n) is 3.82. The number of piperidine rings is 1. The molecule has 0 aliphatic carbocycles. The second kappa shape index (κ2) is 7.02. The Morgan fingerprint density at radius 1 is 1.26 bits per heavy atom. The fourth-order valence-corrected chi connectivity index (χ4v) is 2.63. The number of amides is 1. The van der Waals surface area contributed by atoms with Gasteiger partial charge in [0.15, 0.2) is 0 Å². The van der Waals surface area contributed by atoms with Crippen LogP contribution in [0.5, 0.6) is 5.75 Å². The first kappa shape index (κ1) is 17.3. The average Bonchev–Trinajstić information content (AvgIpc) is 2.48. The van der Waals surface area contributed by atoms with E-state index < -0.39 is 5.60 Å². The fourth-order valence-electron chi connectivity index (χ4n) is 2.63. The number of likely N-dealkylation sites (tertiary alicyclic amines) is 1. The van der Waals surface area contributed by atoms with E-state index in [0.717, 1.165) is 11.3 Å². The normalized spacial score (nSPS) is 18.7. The Balaban J connectivity index is 2.00. The van der Waals surface area contributed by atoms with Gasteiger partial charge < -0.3 is 14.4 Å². The molecule has 1 aromatic carbocycles. The summed E-state index contributed by atoms with van der Waals surface area (Å²) in [7, 11) is 1.62. The Kier molecular flexibility index (Phi) is 5.29. The molecule has 5 heteroatoms. The Morgan fingerprint density at radius 3 is 2.48 bits per heavy atom. The van der Waals surface area contributed by atoms with Crippen LogP contribution in [0.25, 0.3) is 0 Å². The van der Waals surface area contributed by atoms with E-state index in [1.807, 2.05) is 45.0 Å². The summed E-state index contributed by atoms with van der Waals surface area (Å²) in [6.45, 7) is 6.38. The van der Waals surface area contributed by atoms with Crippen LogP contribution in [0.1, 0.15) is 32.8 Å². The number of rotatable bonds is 3. The largest absolute Gasteiger partial charge is 0.497 e. The summed E-state index contributed by atoms with van der Waals surface area (Å²) in [5, 5.41) is 0. The molecule has 1 fully saturated rings. The van der Waals surface area contributed by atoms with Crippen LogP contribution in [0.15, 0.2) is 24.3 Å². The van der Waals surface area contributed by atoms with Crippen molar-refractivity contribution in [3.05, 3.63) is 29.8 Å². The van der Waals surface area contributed by atoms with Crippen molar-refractivity contribution in [1.29, 1.82) is 0 Å². The van der Waals surface area contributed by atoms with Gasteiger partial charge in [0.25, 0.3) is 0 Å². The molecule has 1 atom stereocenters. The molecule has 1 aliphatic rings. The van der Waals surface area contributed by atoms with Gasteiger partial charge in [-0.1, -0.05) is 12.1 Å². The minimum Gasteiger partial charge on any atom is -0.497 e. The van der Waals surface area contributed by atoms with Gasteiger partial charge in [0.1, 0.15) is 17.1 Å². The quantitative estimate of drug-likeness (QED) is 0.859. The standard InChI is InChI=1S/C18H25NO4/c1-18(2,3)23-17(21)19-10-9-16(20)14(12-19)11-13-5-7-15(22-4)8-6-13/h5-8,14H,9-12H2,1-4H3/t14-/m1/s1. The summed E-state index contributed by atoms with van der Waals surface area (Å²) in [6.07, 6.45) is 0.673. The molecule has 0 aromatic heterocycles. The third-order valence-corrected chi connectivity index (χ3v) is 3.82. The monoisotopic (exact) mass is 319 g/mol. The van der Waals surface area contributed by atoms with Crippen molar-refractivity contribution >= 4 is 11.9 Å². The number of hydrogen-bond acceptors (Lipinski definition) is 4. The van der Waals surface area contributed by atoms with Crippen molar-refractivity contribution in [2.75, 3.05) is 20.2 Å². The number of carbonyl (C=O) groups excluding carboxylic acids is 2. The number of methoxy groups -OCH3 is 1. The van der Waals surface area contributed by atoms with E-state index in [1.165, 1.54) is 0 Å². The van der Waals surface area contributed by atoms with Crippen LogP contribution in [0.3, 0.4) is 0 Å². The Labute approximate surface area is 137 Å². The van der Waals surface area contributed by atoms with Gasteiger partial charge in [-0.15, -0.1) is 0 Å². The highest BCUT2D eigenvalue weighted by Crippen LogP contribution is 2.21. The van der Waals surface area contributed by atoms with Gasteiger partial charge >= 0.3 is 6.09 Å². The van der Waals surface area contributed by atoms with Crippen LogP contribution in [0, 0.1) is 5.92 Å². The molecule has 5 nitrogen and oxygen atoms in total. The first-order valence-electron chi connectivity index (χ1n) is 7.92. The van der Waals surface area contributed by atoms with Gasteiger partial charge in [0.2, 0.25) is 0 Å². The van der Waals surface area contributed by atoms with E-state index in [-0.39, 0.29) is 17.8 Å². The minimum atomic E-state index is -0.524. The highest BCUT2D eigenvalue weighted by Gasteiger charge is 2.32. The molecule has 0 bridgehead atoms. The van der Waals surface area contributed by atoms with Crippen LogP contribution in [-0.4, -0.2) is 42.6 Å². The van der Waals surface area contributed by atoms with Crippen molar-refractivity contribution in [1.82, 2.24) is 4.90 Å². The zero-order valence-electron chi connectivity index (χ0n) is 14.3. The lowest BCUT2D eigenvalue weighted by Crippen LogP contribution is -2.46. The average molecular weight is 319 g/mol. The molecule has 126 valence electrons. The van der Waals surface area contributed by atoms with Crippen molar-refractivity contribution in [3.8, 4) is 5.75 Å². The van der Waals surface area contributed by atoms with Crippen LogP contribution in [0.2, 0.25) is 0 Å². The highest BCUT2D eigenvalue weighted by atomic mass is 16.6. The highest BCUT2D eigenvalue weighted by molar-refractivity contribution is 5.84. The molecule has 0 saturated carbocycles. The Morgan fingerprint density at radius 2 is 1.91 bits per heavy atom. The maximum atomic E-state index is 12.2. The van der Waals surface area contributed by atoms with Gasteiger partial charge in [-0.05, 0) is 44.9 Å². The van der Waals surface area contributed by atoms with Gasteiger partial charge in [0, 0.05) is 25.4 Å². The predicted octanol–water partition coefficient (Wildman–Crippen LogP) is 3.06. The van der Waals surface area contributed by atoms with E-state index in [0.29, 0.717) is 25.9 Å². The molecular weight excluding hydrogens is 294 g/mol. The number of ketones is 1. The molecule has 1 heterocycles. The number of ether oxygens (including phenoxy) is 2. The smallest absolute Gasteiger partial charge is 0.410 e. The summed E-state index contributed by atoms with van der Waals surface area (Å²) in [5.41, 5.74) is 0.541. The summed E-state index contributed by atoms with van der Waals surface area (Å²) in [4.78, 5) is 26.0. The molecule has 1 saturated heterocycles. The second-order valence-electron chi connectivity index (χ2n) is 6.89. The van der Waals surface area contributed by atoms with Crippen LogP contribution in [-0.2, 0) is 16.0 Å². The lowest BCUT2D eigenvalue weighted by molar-refractivity contribution is -0.125. The molecule has 1 amide bonds. The van der Waals surface area contributed by atoms with Crippen molar-refractivity contribution in [2.24, 2.45) is 5.92 Å². The molecular formula is C18H25NO4. The zero-order valence-corrected chi connectivity index (χ0v) is 14.3. The predicted molar refractivity (Wildman–Crippen MR) is 87.6 cm³/mol. The maximum Gasteiger partial charge on any atom is 0.410 e. The lowest BCUT2D eigenvalue weighted by atomic mass is 9.90. The topological polar surface area (TPSA) is 55.8 Å². The molecule has 1 aliphatic heterocycles. The van der Waals surface area contributed by atoms with Gasteiger partial charge in [-0.25, -0.2) is 4.79 Å². The van der Waals surface area contributed by atoms with Crippen LogP contribution >= 0.6 is 0 Å². The lowest BCUT2D eigenvalue weighted by Gasteiger charge is -2.33. The molecule has 1 aromatic rings. The first-order chi connectivity index (χ1) is 10.8. The molecule has 23 heavy (non-hydrogen) atoms. The maximum absolute atomic E-state index is 12.2. The SMILES string of the molecule is COc1ccc(C[C@@H]2CN(C(=O)OC(C)(C)C)CCC2=O)cc1. The Bertz CT molecular complexity index is 559. The summed E-state index contributed by atoms with van der Waals surface area (Å²) in [6, 6.07) is 7.68. The summed E-state index contributed by atoms with van der Waals surface area (Å²) >= 11 is 0. The van der Waals surface area contributed by atoms with Gasteiger partial charge in [0.05, 0.1) is 7.11 Å². The van der Waals surface area contributed by atoms with Crippen LogP contribution in [0.4, 0.5) is 4.79 Å². The number of carbonyl (C=O) groups is 2. The van der Waals surface area contributed by atoms with E-state index in [9.17, 15) is 9.59 Å². The first-order valence-corrected chi connectivity index (χ1v) is 7.92. The third kappa shape index (κ3) is 4.98. The van der Waals surface area contributed by atoms with Crippen molar-refractivity contribution in [2.45, 2.75) is 39.2 Å². The van der Waals surface area contributed by atoms with E-state index in [2.05, 4.69) is 0 Å². The molecule has 0 N–H and O–H groups in total. The summed E-state index contributed by atoms with van der Waals surface area (Å²) < 4.78 is 10.5. The number of nitrogens with zero attached hydrogens (tertiary/aromatic N) is 1. The molecule has 0 unspecified atom stereocenters. The van der Waals surface area contributed by atoms with Gasteiger partial charge in [-0.2, -0.15) is 0 Å². The van der Waals surface area contributed by atoms with Gasteiger partial charge in [-0.3, -0.25) is 4.79 Å². The number of hydrogen-bond donors (Lipinski definition) is 0. The van der Waals surface area contributed by atoms with E-state index in [1.54, 1.807) is 12.0 Å². The number of Topliss-reactive ketones (excluding diaryl/α,β-unsaturated/α-hetero) is 1. The van der Waals surface area contributed by atoms with Crippen molar-refractivity contribution < 1.29 is 19.1 Å². The molecule has 0 radical (unpaired) electrons. The second-order valence-corrected chi connectivity index (χ2v) is 6.89. The zero-order chi connectivity index (χ0) is 17.0. The number of benzene rings is 1. The minimum absolute atomic E-state index is 0.176. The molecule has 2 rings (SSSR count). The van der Waals surface area contributed by atoms with Crippen molar-refractivity contribution in [3.63, 3.8) is 0 Å².